The third-order valence-electron chi connectivity index (χ3n) is 3.11. The molecule has 1 heterocycles. The summed E-state index contributed by atoms with van der Waals surface area (Å²) in [5, 5.41) is 8.95. The molecule has 0 unspecified atom stereocenters. The van der Waals surface area contributed by atoms with Crippen LogP contribution in [0, 0.1) is 0 Å². The molecule has 0 fully saturated rings. The molecule has 1 aromatic heterocycles. The highest BCUT2D eigenvalue weighted by atomic mass is 32.1. The van der Waals surface area contributed by atoms with Gasteiger partial charge in [-0.1, -0.05) is 20.8 Å². The molecular weight excluding hydrogens is 310 g/mol. The van der Waals surface area contributed by atoms with Crippen LogP contribution in [0.1, 0.15) is 42.5 Å². The van der Waals surface area contributed by atoms with Crippen LogP contribution >= 0.6 is 12.6 Å². The van der Waals surface area contributed by atoms with E-state index < -0.39 is 0 Å². The van der Waals surface area contributed by atoms with E-state index in [1.165, 1.54) is 18.2 Å². The van der Waals surface area contributed by atoms with Crippen LogP contribution in [-0.4, -0.2) is 16.4 Å². The number of phenolic OH excluding ortho intramolecular Hbond substituents is 1. The average molecular weight is 333 g/mol. The van der Waals surface area contributed by atoms with E-state index in [-0.39, 0.29) is 16.7 Å². The number of nitrogens with two attached hydrogens (primary N) is 2. The van der Waals surface area contributed by atoms with Crippen molar-refractivity contribution in [1.82, 2.24) is 4.98 Å². The number of carbonyl (C=O) groups is 1. The molecule has 0 radical (unpaired) electrons. The lowest BCUT2D eigenvalue weighted by Crippen LogP contribution is -2.14. The fourth-order valence-electron chi connectivity index (χ4n) is 1.72. The molecule has 0 saturated carbocycles. The number of aldehydes is 1. The molecule has 0 aliphatic heterocycles. The second kappa shape index (κ2) is 7.87. The molecule has 124 valence electrons. The van der Waals surface area contributed by atoms with Gasteiger partial charge >= 0.3 is 0 Å². The summed E-state index contributed by atoms with van der Waals surface area (Å²) >= 11 is 4.18. The van der Waals surface area contributed by atoms with Crippen molar-refractivity contribution in [2.75, 3.05) is 11.5 Å². The number of benzene rings is 1. The predicted octanol–water partition coefficient (Wildman–Crippen LogP) is 3.18. The summed E-state index contributed by atoms with van der Waals surface area (Å²) < 4.78 is 0. The van der Waals surface area contributed by atoms with Crippen molar-refractivity contribution in [1.29, 1.82) is 0 Å². The first-order valence-electron chi connectivity index (χ1n) is 7.09. The minimum absolute atomic E-state index is 0.0378. The molecule has 0 saturated heterocycles. The van der Waals surface area contributed by atoms with Crippen LogP contribution < -0.4 is 11.5 Å². The van der Waals surface area contributed by atoms with Crippen molar-refractivity contribution in [3.8, 4) is 5.75 Å². The van der Waals surface area contributed by atoms with Gasteiger partial charge in [0.2, 0.25) is 0 Å². The molecule has 23 heavy (non-hydrogen) atoms. The lowest BCUT2D eigenvalue weighted by Gasteiger charge is -2.18. The topological polar surface area (TPSA) is 102 Å². The standard InChI is InChI=1S/C10H16N2S.C7H7NO2/c1-10(2,3)9-5-4-7(11)8(6-13)12-9;8-6-1-2-7(10)5(3-6)4-9/h4-5,13H,6,11H2,1-3H3;1-4,10H,8H2. The van der Waals surface area contributed by atoms with Crippen molar-refractivity contribution >= 4 is 30.3 Å². The molecule has 0 bridgehead atoms. The third-order valence-corrected chi connectivity index (χ3v) is 3.41. The van der Waals surface area contributed by atoms with Gasteiger partial charge in [-0.25, -0.2) is 0 Å². The van der Waals surface area contributed by atoms with Gasteiger partial charge in [0.25, 0.3) is 0 Å². The van der Waals surface area contributed by atoms with Crippen LogP contribution in [0.2, 0.25) is 0 Å². The number of rotatable bonds is 2. The Morgan fingerprint density at radius 3 is 2.35 bits per heavy atom. The normalized spacial score (nSPS) is 10.6. The molecule has 0 amide bonds. The van der Waals surface area contributed by atoms with Crippen LogP contribution in [0.4, 0.5) is 11.4 Å². The first-order chi connectivity index (χ1) is 10.7. The van der Waals surface area contributed by atoms with Gasteiger partial charge in [0.1, 0.15) is 5.75 Å². The van der Waals surface area contributed by atoms with Crippen molar-refractivity contribution in [2.24, 2.45) is 0 Å². The number of anilines is 2. The summed E-state index contributed by atoms with van der Waals surface area (Å²) in [6, 6.07) is 8.21. The lowest BCUT2D eigenvalue weighted by molar-refractivity contribution is 0.112. The molecule has 0 spiro atoms. The lowest BCUT2D eigenvalue weighted by atomic mass is 9.91. The van der Waals surface area contributed by atoms with Crippen LogP contribution in [-0.2, 0) is 11.2 Å². The van der Waals surface area contributed by atoms with E-state index >= 15 is 0 Å². The Morgan fingerprint density at radius 1 is 1.22 bits per heavy atom. The molecule has 1 aromatic carbocycles. The zero-order valence-electron chi connectivity index (χ0n) is 13.6. The van der Waals surface area contributed by atoms with E-state index in [0.717, 1.165) is 17.1 Å². The monoisotopic (exact) mass is 333 g/mol. The minimum atomic E-state index is -0.0378. The highest BCUT2D eigenvalue weighted by Crippen LogP contribution is 2.22. The maximum Gasteiger partial charge on any atom is 0.153 e. The van der Waals surface area contributed by atoms with Gasteiger partial charge in [-0.05, 0) is 30.3 Å². The Labute approximate surface area is 142 Å². The number of hydrogen-bond donors (Lipinski definition) is 4. The summed E-state index contributed by atoms with van der Waals surface area (Å²) in [5.41, 5.74) is 14.5. The highest BCUT2D eigenvalue weighted by molar-refractivity contribution is 7.79. The second-order valence-corrected chi connectivity index (χ2v) is 6.39. The summed E-state index contributed by atoms with van der Waals surface area (Å²) in [5.74, 6) is 0.555. The fourth-order valence-corrected chi connectivity index (χ4v) is 1.98. The molecule has 0 atom stereocenters. The van der Waals surface area contributed by atoms with E-state index in [4.69, 9.17) is 16.6 Å². The quantitative estimate of drug-likeness (QED) is 0.293. The Balaban J connectivity index is 0.000000238. The maximum absolute atomic E-state index is 10.2. The molecule has 0 aliphatic rings. The molecule has 5 N–H and O–H groups in total. The molecular formula is C17H23N3O2S. The van der Waals surface area contributed by atoms with Gasteiger partial charge < -0.3 is 16.6 Å². The second-order valence-electron chi connectivity index (χ2n) is 6.08. The Hall–Kier alpha value is -2.21. The number of nitrogen functional groups attached to an aromatic ring is 2. The van der Waals surface area contributed by atoms with E-state index in [9.17, 15) is 4.79 Å². The van der Waals surface area contributed by atoms with Crippen molar-refractivity contribution in [3.63, 3.8) is 0 Å². The van der Waals surface area contributed by atoms with Crippen molar-refractivity contribution in [3.05, 3.63) is 47.3 Å². The van der Waals surface area contributed by atoms with Crippen LogP contribution in [0.25, 0.3) is 0 Å². The molecule has 2 rings (SSSR count). The van der Waals surface area contributed by atoms with Gasteiger partial charge in [-0.3, -0.25) is 9.78 Å². The summed E-state index contributed by atoms with van der Waals surface area (Å²) in [6.45, 7) is 6.40. The number of pyridine rings is 1. The zero-order chi connectivity index (χ0) is 17.6. The van der Waals surface area contributed by atoms with Gasteiger partial charge in [0.05, 0.1) is 16.9 Å². The van der Waals surface area contributed by atoms with Gasteiger partial charge in [0, 0.05) is 22.5 Å². The van der Waals surface area contributed by atoms with Crippen molar-refractivity contribution < 1.29 is 9.90 Å². The number of aromatic hydroxyl groups is 1. The fraction of sp³-hybridized carbons (Fsp3) is 0.294. The molecule has 2 aromatic rings. The minimum Gasteiger partial charge on any atom is -0.507 e. The number of phenols is 1. The zero-order valence-corrected chi connectivity index (χ0v) is 14.5. The summed E-state index contributed by atoms with van der Waals surface area (Å²) in [6.07, 6.45) is 0.561. The Morgan fingerprint density at radius 2 is 1.87 bits per heavy atom. The van der Waals surface area contributed by atoms with Crippen molar-refractivity contribution in [2.45, 2.75) is 31.9 Å². The largest absolute Gasteiger partial charge is 0.507 e. The molecule has 0 aliphatic carbocycles. The van der Waals surface area contributed by atoms with E-state index in [2.05, 4.69) is 38.4 Å². The maximum atomic E-state index is 10.2. The Kier molecular flexibility index (Phi) is 6.45. The number of thiol groups is 1. The van der Waals surface area contributed by atoms with Gasteiger partial charge in [0.15, 0.2) is 6.29 Å². The SMILES string of the molecule is CC(C)(C)c1ccc(N)c(CS)n1.Nc1ccc(O)c(C=O)c1. The first kappa shape index (κ1) is 18.8. The number of nitrogens with zero attached hydrogens (tertiary/aromatic N) is 1. The van der Waals surface area contributed by atoms with Crippen LogP contribution in [0.3, 0.4) is 0 Å². The predicted molar refractivity (Wildman–Crippen MR) is 97.9 cm³/mol. The van der Waals surface area contributed by atoms with Crippen LogP contribution in [0.15, 0.2) is 30.3 Å². The smallest absolute Gasteiger partial charge is 0.153 e. The summed E-state index contributed by atoms with van der Waals surface area (Å²) in [7, 11) is 0. The van der Waals surface area contributed by atoms with Gasteiger partial charge in [-0.15, -0.1) is 0 Å². The van der Waals surface area contributed by atoms with Gasteiger partial charge in [-0.2, -0.15) is 12.6 Å². The number of carbonyl (C=O) groups excluding carboxylic acids is 1. The highest BCUT2D eigenvalue weighted by Gasteiger charge is 2.16. The summed E-state index contributed by atoms with van der Waals surface area (Å²) in [4.78, 5) is 14.6. The third kappa shape index (κ3) is 5.49. The number of hydrogen-bond acceptors (Lipinski definition) is 6. The van der Waals surface area contributed by atoms with E-state index in [0.29, 0.717) is 17.7 Å². The van der Waals surface area contributed by atoms with E-state index in [1.54, 1.807) is 0 Å². The molecule has 6 heteroatoms. The van der Waals surface area contributed by atoms with Crippen LogP contribution in [0.5, 0.6) is 5.75 Å². The average Bonchev–Trinajstić information content (AvgIpc) is 2.49. The first-order valence-corrected chi connectivity index (χ1v) is 7.72. The van der Waals surface area contributed by atoms with E-state index in [1.807, 2.05) is 12.1 Å². The molecule has 5 nitrogen and oxygen atoms in total. The number of aromatic nitrogens is 1. The Bertz CT molecular complexity index is 682.